The van der Waals surface area contributed by atoms with Crippen LogP contribution in [0.15, 0.2) is 54.6 Å². The van der Waals surface area contributed by atoms with Crippen LogP contribution in [0.5, 0.6) is 0 Å². The molecule has 0 radical (unpaired) electrons. The van der Waals surface area contributed by atoms with Gasteiger partial charge in [0.2, 0.25) is 5.91 Å². The van der Waals surface area contributed by atoms with Gasteiger partial charge in [0.15, 0.2) is 0 Å². The first kappa shape index (κ1) is 21.6. The fourth-order valence-corrected chi connectivity index (χ4v) is 4.58. The largest absolute Gasteiger partial charge is 0.378 e. The minimum absolute atomic E-state index is 0.0886. The number of piperidine rings is 1. The zero-order chi connectivity index (χ0) is 21.6. The first-order valence-electron chi connectivity index (χ1n) is 11.4. The summed E-state index contributed by atoms with van der Waals surface area (Å²) in [6, 6.07) is 18.1. The third-order valence-corrected chi connectivity index (χ3v) is 6.62. The zero-order valence-corrected chi connectivity index (χ0v) is 18.3. The highest BCUT2D eigenvalue weighted by molar-refractivity contribution is 5.94. The number of nitrogens with zero attached hydrogens (tertiary/aromatic N) is 2. The maximum Gasteiger partial charge on any atom is 0.254 e. The highest BCUT2D eigenvalue weighted by Gasteiger charge is 2.27. The van der Waals surface area contributed by atoms with Crippen molar-refractivity contribution >= 4 is 11.8 Å². The van der Waals surface area contributed by atoms with Gasteiger partial charge in [0.05, 0.1) is 19.1 Å². The first-order chi connectivity index (χ1) is 15.1. The molecular weight excluding hydrogens is 388 g/mol. The number of amides is 2. The molecule has 1 atom stereocenters. The van der Waals surface area contributed by atoms with Crippen LogP contribution in [0.3, 0.4) is 0 Å². The Balaban J connectivity index is 1.27. The van der Waals surface area contributed by atoms with Crippen LogP contribution in [-0.4, -0.2) is 61.0 Å². The topological polar surface area (TPSA) is 49.9 Å². The molecule has 0 N–H and O–H groups in total. The minimum atomic E-state index is -0.0886. The van der Waals surface area contributed by atoms with E-state index in [9.17, 15) is 9.59 Å². The van der Waals surface area contributed by atoms with E-state index in [1.54, 1.807) is 0 Å². The molecule has 5 heteroatoms. The Hall–Kier alpha value is -2.66. The summed E-state index contributed by atoms with van der Waals surface area (Å²) in [5.74, 6) is 0.816. The third-order valence-electron chi connectivity index (χ3n) is 6.62. The molecule has 0 saturated carbocycles. The molecule has 0 bridgehead atoms. The Kier molecular flexibility index (Phi) is 7.03. The van der Waals surface area contributed by atoms with Crippen LogP contribution in [0.2, 0.25) is 0 Å². The lowest BCUT2D eigenvalue weighted by atomic mass is 9.89. The van der Waals surface area contributed by atoms with E-state index in [1.165, 1.54) is 5.56 Å². The summed E-state index contributed by atoms with van der Waals surface area (Å²) < 4.78 is 5.33. The second-order valence-electron chi connectivity index (χ2n) is 8.71. The first-order valence-corrected chi connectivity index (χ1v) is 11.4. The average Bonchev–Trinajstić information content (AvgIpc) is 2.85. The van der Waals surface area contributed by atoms with E-state index in [1.807, 2.05) is 59.2 Å². The van der Waals surface area contributed by atoms with Gasteiger partial charge in [-0.3, -0.25) is 9.59 Å². The molecule has 2 heterocycles. The number of carbonyl (C=O) groups is 2. The number of rotatable bonds is 5. The summed E-state index contributed by atoms with van der Waals surface area (Å²) in [5, 5.41) is 0. The van der Waals surface area contributed by atoms with Crippen molar-refractivity contribution in [2.45, 2.75) is 32.1 Å². The minimum Gasteiger partial charge on any atom is -0.378 e. The Morgan fingerprint density at radius 3 is 2.19 bits per heavy atom. The molecule has 2 aliphatic heterocycles. The maximum atomic E-state index is 12.9. The van der Waals surface area contributed by atoms with E-state index < -0.39 is 0 Å². The highest BCUT2D eigenvalue weighted by Crippen LogP contribution is 2.25. The molecule has 1 unspecified atom stereocenters. The molecule has 4 rings (SSSR count). The van der Waals surface area contributed by atoms with E-state index in [0.29, 0.717) is 32.2 Å². The van der Waals surface area contributed by atoms with Gasteiger partial charge in [-0.25, -0.2) is 0 Å². The lowest BCUT2D eigenvalue weighted by Gasteiger charge is -2.34. The Bertz CT molecular complexity index is 867. The highest BCUT2D eigenvalue weighted by atomic mass is 16.5. The van der Waals surface area contributed by atoms with Gasteiger partial charge in [-0.1, -0.05) is 42.5 Å². The number of hydrogen-bond donors (Lipinski definition) is 0. The summed E-state index contributed by atoms with van der Waals surface area (Å²) in [5.41, 5.74) is 3.10. The number of carbonyl (C=O) groups excluding carboxylic acids is 2. The number of benzene rings is 2. The number of likely N-dealkylation sites (tertiary alicyclic amines) is 1. The van der Waals surface area contributed by atoms with Crippen molar-refractivity contribution < 1.29 is 14.3 Å². The molecule has 0 aromatic heterocycles. The van der Waals surface area contributed by atoms with E-state index in [2.05, 4.69) is 12.1 Å². The molecule has 2 aromatic rings. The van der Waals surface area contributed by atoms with Crippen LogP contribution in [-0.2, 0) is 16.0 Å². The standard InChI is InChI=1S/C26H32N2O3/c1-20(23-5-3-2-4-6-23)25(29)27-13-11-22(12-14-27)19-21-7-9-24(10-8-21)26(30)28-15-17-31-18-16-28/h2-10,20,22H,11-19H2,1H3. The van der Waals surface area contributed by atoms with Gasteiger partial charge in [0.25, 0.3) is 5.91 Å². The van der Waals surface area contributed by atoms with E-state index >= 15 is 0 Å². The summed E-state index contributed by atoms with van der Waals surface area (Å²) in [4.78, 5) is 29.4. The van der Waals surface area contributed by atoms with Crippen molar-refractivity contribution in [1.82, 2.24) is 9.80 Å². The number of hydrogen-bond acceptors (Lipinski definition) is 3. The van der Waals surface area contributed by atoms with Crippen molar-refractivity contribution in [3.05, 3.63) is 71.3 Å². The molecule has 0 spiro atoms. The predicted molar refractivity (Wildman–Crippen MR) is 121 cm³/mol. The summed E-state index contributed by atoms with van der Waals surface area (Å²) >= 11 is 0. The monoisotopic (exact) mass is 420 g/mol. The second-order valence-corrected chi connectivity index (χ2v) is 8.71. The van der Waals surface area contributed by atoms with Gasteiger partial charge in [0, 0.05) is 31.7 Å². The van der Waals surface area contributed by atoms with Crippen molar-refractivity contribution in [3.8, 4) is 0 Å². The van der Waals surface area contributed by atoms with Gasteiger partial charge in [-0.15, -0.1) is 0 Å². The van der Waals surface area contributed by atoms with E-state index in [0.717, 1.165) is 43.5 Å². The molecule has 0 aliphatic carbocycles. The second kappa shape index (κ2) is 10.1. The van der Waals surface area contributed by atoms with Crippen LogP contribution in [0.25, 0.3) is 0 Å². The van der Waals surface area contributed by atoms with Gasteiger partial charge in [-0.05, 0) is 55.4 Å². The summed E-state index contributed by atoms with van der Waals surface area (Å²) in [6.45, 7) is 6.23. The van der Waals surface area contributed by atoms with Crippen LogP contribution in [0, 0.1) is 5.92 Å². The van der Waals surface area contributed by atoms with Crippen molar-refractivity contribution in [2.75, 3.05) is 39.4 Å². The van der Waals surface area contributed by atoms with Crippen molar-refractivity contribution in [1.29, 1.82) is 0 Å². The van der Waals surface area contributed by atoms with Crippen LogP contribution >= 0.6 is 0 Å². The van der Waals surface area contributed by atoms with Crippen LogP contribution in [0.4, 0.5) is 0 Å². The quantitative estimate of drug-likeness (QED) is 0.740. The van der Waals surface area contributed by atoms with Gasteiger partial charge >= 0.3 is 0 Å². The molecule has 2 saturated heterocycles. The van der Waals surface area contributed by atoms with Crippen LogP contribution in [0.1, 0.15) is 47.2 Å². The van der Waals surface area contributed by atoms with Gasteiger partial charge in [-0.2, -0.15) is 0 Å². The average molecular weight is 421 g/mol. The Morgan fingerprint density at radius 2 is 1.55 bits per heavy atom. The molecule has 2 aromatic carbocycles. The molecule has 164 valence electrons. The maximum absolute atomic E-state index is 12.9. The van der Waals surface area contributed by atoms with Crippen molar-refractivity contribution in [2.24, 2.45) is 5.92 Å². The molecule has 5 nitrogen and oxygen atoms in total. The van der Waals surface area contributed by atoms with Crippen LogP contribution < -0.4 is 0 Å². The lowest BCUT2D eigenvalue weighted by molar-refractivity contribution is -0.133. The van der Waals surface area contributed by atoms with E-state index in [4.69, 9.17) is 4.74 Å². The number of morpholine rings is 1. The lowest BCUT2D eigenvalue weighted by Crippen LogP contribution is -2.41. The zero-order valence-electron chi connectivity index (χ0n) is 18.3. The third kappa shape index (κ3) is 5.34. The summed E-state index contributed by atoms with van der Waals surface area (Å²) in [6.07, 6.45) is 3.06. The SMILES string of the molecule is CC(C(=O)N1CCC(Cc2ccc(C(=O)N3CCOCC3)cc2)CC1)c1ccccc1. The smallest absolute Gasteiger partial charge is 0.254 e. The summed E-state index contributed by atoms with van der Waals surface area (Å²) in [7, 11) is 0. The van der Waals surface area contributed by atoms with Gasteiger partial charge < -0.3 is 14.5 Å². The molecule has 31 heavy (non-hydrogen) atoms. The van der Waals surface area contributed by atoms with Crippen molar-refractivity contribution in [3.63, 3.8) is 0 Å². The molecular formula is C26H32N2O3. The predicted octanol–water partition coefficient (Wildman–Crippen LogP) is 3.74. The fraction of sp³-hybridized carbons (Fsp3) is 0.462. The normalized spacial score (nSPS) is 18.6. The Labute approximate surface area is 185 Å². The van der Waals surface area contributed by atoms with E-state index in [-0.39, 0.29) is 17.7 Å². The molecule has 2 aliphatic rings. The Morgan fingerprint density at radius 1 is 0.903 bits per heavy atom. The fourth-order valence-electron chi connectivity index (χ4n) is 4.58. The number of ether oxygens (including phenoxy) is 1. The molecule has 2 fully saturated rings. The molecule has 2 amide bonds. The van der Waals surface area contributed by atoms with Gasteiger partial charge in [0.1, 0.15) is 0 Å².